The molecule has 1 atom stereocenters. The van der Waals surface area contributed by atoms with Gasteiger partial charge >= 0.3 is 0 Å². The molecule has 0 unspecified atom stereocenters. The quantitative estimate of drug-likeness (QED) is 0.736. The van der Waals surface area contributed by atoms with Crippen molar-refractivity contribution in [1.29, 1.82) is 0 Å². The lowest BCUT2D eigenvalue weighted by Gasteiger charge is -2.36. The van der Waals surface area contributed by atoms with E-state index >= 15 is 0 Å². The molecule has 0 saturated carbocycles. The van der Waals surface area contributed by atoms with Crippen LogP contribution in [0.2, 0.25) is 0 Å². The Morgan fingerprint density at radius 3 is 2.74 bits per heavy atom. The molecular formula is C13H17N5O. The number of hydrogen-bond acceptors (Lipinski definition) is 5. The monoisotopic (exact) mass is 259 g/mol. The second-order valence-electron chi connectivity index (χ2n) is 4.69. The second-order valence-corrected chi connectivity index (χ2v) is 4.69. The molecule has 6 nitrogen and oxygen atoms in total. The van der Waals surface area contributed by atoms with Crippen molar-refractivity contribution in [2.24, 2.45) is 0 Å². The van der Waals surface area contributed by atoms with Gasteiger partial charge in [-0.3, -0.25) is 15.1 Å². The fraction of sp³-hybridized carbons (Fsp3) is 0.462. The van der Waals surface area contributed by atoms with Crippen LogP contribution in [0.1, 0.15) is 0 Å². The fourth-order valence-corrected chi connectivity index (χ4v) is 2.44. The highest BCUT2D eigenvalue weighted by Gasteiger charge is 2.27. The maximum atomic E-state index is 12.2. The summed E-state index contributed by atoms with van der Waals surface area (Å²) in [6, 6.07) is -0.136. The molecule has 6 heteroatoms. The minimum Gasteiger partial charge on any atom is -0.352 e. The van der Waals surface area contributed by atoms with E-state index in [1.165, 1.54) is 0 Å². The first-order valence-corrected chi connectivity index (χ1v) is 6.54. The average Bonchev–Trinajstić information content (AvgIpc) is 3.02. The molecule has 0 bridgehead atoms. The van der Waals surface area contributed by atoms with E-state index in [4.69, 9.17) is 0 Å². The molecule has 0 aliphatic carbocycles. The molecule has 1 saturated heterocycles. The zero-order chi connectivity index (χ0) is 13.1. The van der Waals surface area contributed by atoms with E-state index in [0.29, 0.717) is 0 Å². The largest absolute Gasteiger partial charge is 0.352 e. The highest BCUT2D eigenvalue weighted by atomic mass is 16.2. The predicted molar refractivity (Wildman–Crippen MR) is 71.8 cm³/mol. The third-order valence-electron chi connectivity index (χ3n) is 3.52. The topological polar surface area (TPSA) is 61.4 Å². The van der Waals surface area contributed by atoms with Gasteiger partial charge in [0.25, 0.3) is 0 Å². The lowest BCUT2D eigenvalue weighted by atomic mass is 10.2. The summed E-state index contributed by atoms with van der Waals surface area (Å²) in [6.07, 6.45) is 9.07. The number of nitrogens with one attached hydrogen (secondary N) is 1. The van der Waals surface area contributed by atoms with Gasteiger partial charge in [0, 0.05) is 45.1 Å². The third-order valence-corrected chi connectivity index (χ3v) is 3.52. The number of rotatable bonds is 2. The molecule has 3 heterocycles. The Balaban J connectivity index is 1.57. The normalized spacial score (nSPS) is 22.8. The van der Waals surface area contributed by atoms with Crippen LogP contribution in [0.25, 0.3) is 0 Å². The SMILES string of the molecule is O=C([C@@H]1C=CCN1)N1CCN(c2cnccn2)CC1. The van der Waals surface area contributed by atoms with E-state index in [1.807, 2.05) is 17.1 Å². The standard InChI is InChI=1S/C13H17N5O/c19-13(11-2-1-3-15-11)18-8-6-17(7-9-18)12-10-14-4-5-16-12/h1-2,4-5,10-11,15H,3,6-9H2/t11-/m0/s1. The van der Waals surface area contributed by atoms with Gasteiger partial charge in [-0.1, -0.05) is 12.2 Å². The summed E-state index contributed by atoms with van der Waals surface area (Å²) in [6.45, 7) is 3.88. The molecule has 2 aliphatic heterocycles. The van der Waals surface area contributed by atoms with Crippen LogP contribution in [0.3, 0.4) is 0 Å². The summed E-state index contributed by atoms with van der Waals surface area (Å²) in [5.41, 5.74) is 0. The minimum atomic E-state index is -0.136. The van der Waals surface area contributed by atoms with Crippen LogP contribution in [-0.2, 0) is 4.79 Å². The molecule has 0 spiro atoms. The van der Waals surface area contributed by atoms with Gasteiger partial charge in [-0.15, -0.1) is 0 Å². The van der Waals surface area contributed by atoms with Gasteiger partial charge in [0.15, 0.2) is 0 Å². The molecular weight excluding hydrogens is 242 g/mol. The molecule has 0 radical (unpaired) electrons. The summed E-state index contributed by atoms with van der Waals surface area (Å²) < 4.78 is 0. The van der Waals surface area contributed by atoms with Crippen molar-refractivity contribution >= 4 is 11.7 Å². The molecule has 0 aromatic carbocycles. The second kappa shape index (κ2) is 5.36. The van der Waals surface area contributed by atoms with Crippen LogP contribution < -0.4 is 10.2 Å². The number of amides is 1. The van der Waals surface area contributed by atoms with Crippen molar-refractivity contribution in [3.63, 3.8) is 0 Å². The first-order valence-electron chi connectivity index (χ1n) is 6.54. The van der Waals surface area contributed by atoms with E-state index in [1.54, 1.807) is 18.6 Å². The van der Waals surface area contributed by atoms with Crippen molar-refractivity contribution in [2.45, 2.75) is 6.04 Å². The summed E-state index contributed by atoms with van der Waals surface area (Å²) in [5.74, 6) is 1.06. The van der Waals surface area contributed by atoms with Gasteiger partial charge in [0.05, 0.1) is 6.20 Å². The Labute approximate surface area is 112 Å². The van der Waals surface area contributed by atoms with Gasteiger partial charge in [-0.2, -0.15) is 0 Å². The highest BCUT2D eigenvalue weighted by molar-refractivity contribution is 5.84. The number of anilines is 1. The summed E-state index contributed by atoms with van der Waals surface area (Å²) in [7, 11) is 0. The number of nitrogens with zero attached hydrogens (tertiary/aromatic N) is 4. The van der Waals surface area contributed by atoms with Crippen molar-refractivity contribution < 1.29 is 4.79 Å². The van der Waals surface area contributed by atoms with Crippen LogP contribution in [-0.4, -0.2) is 59.5 Å². The smallest absolute Gasteiger partial charge is 0.243 e. The number of carbonyl (C=O) groups excluding carboxylic acids is 1. The molecule has 19 heavy (non-hydrogen) atoms. The Morgan fingerprint density at radius 1 is 1.26 bits per heavy atom. The van der Waals surface area contributed by atoms with Gasteiger partial charge in [0.1, 0.15) is 11.9 Å². The van der Waals surface area contributed by atoms with Gasteiger partial charge in [-0.25, -0.2) is 4.98 Å². The highest BCUT2D eigenvalue weighted by Crippen LogP contribution is 2.12. The summed E-state index contributed by atoms with van der Waals surface area (Å²) >= 11 is 0. The molecule has 2 aliphatic rings. The maximum absolute atomic E-state index is 12.2. The van der Waals surface area contributed by atoms with Crippen molar-refractivity contribution in [2.75, 3.05) is 37.6 Å². The first kappa shape index (κ1) is 12.1. The van der Waals surface area contributed by atoms with Crippen LogP contribution in [0.5, 0.6) is 0 Å². The number of piperazine rings is 1. The molecule has 1 N–H and O–H groups in total. The summed E-state index contributed by atoms with van der Waals surface area (Å²) in [4.78, 5) is 24.6. The molecule has 1 aromatic heterocycles. The lowest BCUT2D eigenvalue weighted by molar-refractivity contribution is -0.132. The average molecular weight is 259 g/mol. The molecule has 1 amide bonds. The predicted octanol–water partition coefficient (Wildman–Crippen LogP) is -0.347. The van der Waals surface area contributed by atoms with Gasteiger partial charge in [0.2, 0.25) is 5.91 Å². The van der Waals surface area contributed by atoms with Crippen molar-refractivity contribution in [3.8, 4) is 0 Å². The molecule has 1 fully saturated rings. The van der Waals surface area contributed by atoms with Gasteiger partial charge < -0.3 is 9.80 Å². The summed E-state index contributed by atoms with van der Waals surface area (Å²) in [5, 5.41) is 3.16. The van der Waals surface area contributed by atoms with Crippen LogP contribution in [0, 0.1) is 0 Å². The Kier molecular flexibility index (Phi) is 3.41. The van der Waals surface area contributed by atoms with Gasteiger partial charge in [-0.05, 0) is 0 Å². The zero-order valence-corrected chi connectivity index (χ0v) is 10.7. The van der Waals surface area contributed by atoms with Crippen LogP contribution >= 0.6 is 0 Å². The van der Waals surface area contributed by atoms with E-state index in [2.05, 4.69) is 20.2 Å². The Morgan fingerprint density at radius 2 is 2.11 bits per heavy atom. The van der Waals surface area contributed by atoms with E-state index < -0.39 is 0 Å². The number of hydrogen-bond donors (Lipinski definition) is 1. The van der Waals surface area contributed by atoms with E-state index in [-0.39, 0.29) is 11.9 Å². The number of aromatic nitrogens is 2. The number of carbonyl (C=O) groups is 1. The zero-order valence-electron chi connectivity index (χ0n) is 10.7. The van der Waals surface area contributed by atoms with Crippen LogP contribution in [0.15, 0.2) is 30.7 Å². The molecule has 100 valence electrons. The Bertz CT molecular complexity index is 467. The first-order chi connectivity index (χ1) is 9.34. The van der Waals surface area contributed by atoms with Crippen molar-refractivity contribution in [1.82, 2.24) is 20.2 Å². The molecule has 3 rings (SSSR count). The maximum Gasteiger partial charge on any atom is 0.243 e. The fourth-order valence-electron chi connectivity index (χ4n) is 2.44. The third kappa shape index (κ3) is 2.58. The lowest BCUT2D eigenvalue weighted by Crippen LogP contribution is -2.53. The van der Waals surface area contributed by atoms with E-state index in [9.17, 15) is 4.79 Å². The minimum absolute atomic E-state index is 0.136. The molecule has 1 aromatic rings. The van der Waals surface area contributed by atoms with Crippen LogP contribution in [0.4, 0.5) is 5.82 Å². The van der Waals surface area contributed by atoms with Crippen molar-refractivity contribution in [3.05, 3.63) is 30.7 Å². The Hall–Kier alpha value is -1.95. The van der Waals surface area contributed by atoms with E-state index in [0.717, 1.165) is 38.5 Å².